The quantitative estimate of drug-likeness (QED) is 0.809. The second-order valence-corrected chi connectivity index (χ2v) is 4.47. The van der Waals surface area contributed by atoms with Crippen LogP contribution in [-0.2, 0) is 5.60 Å². The zero-order chi connectivity index (χ0) is 12.5. The van der Waals surface area contributed by atoms with Crippen LogP contribution in [0.5, 0.6) is 11.5 Å². The molecule has 2 rings (SSSR count). The van der Waals surface area contributed by atoms with Crippen LogP contribution < -0.4 is 15.2 Å². The van der Waals surface area contributed by atoms with Crippen LogP contribution in [0.25, 0.3) is 0 Å². The van der Waals surface area contributed by atoms with E-state index < -0.39 is 5.60 Å². The fourth-order valence-corrected chi connectivity index (χ4v) is 2.19. The SMILES string of the molecule is COc1ccc(C(O)(CN)C2CC2)cc1OC. The minimum atomic E-state index is -0.931. The number of benzene rings is 1. The second-order valence-electron chi connectivity index (χ2n) is 4.47. The maximum atomic E-state index is 10.6. The molecule has 1 fully saturated rings. The monoisotopic (exact) mass is 237 g/mol. The lowest BCUT2D eigenvalue weighted by atomic mass is 9.88. The summed E-state index contributed by atoms with van der Waals surface area (Å²) in [6.07, 6.45) is 2.06. The third-order valence-corrected chi connectivity index (χ3v) is 3.45. The molecule has 1 unspecified atom stereocenters. The Morgan fingerprint density at radius 1 is 1.29 bits per heavy atom. The van der Waals surface area contributed by atoms with Gasteiger partial charge in [-0.1, -0.05) is 6.07 Å². The molecule has 1 aliphatic carbocycles. The molecule has 0 spiro atoms. The minimum absolute atomic E-state index is 0.229. The van der Waals surface area contributed by atoms with E-state index in [4.69, 9.17) is 15.2 Å². The predicted octanol–water partition coefficient (Wildman–Crippen LogP) is 1.26. The summed E-state index contributed by atoms with van der Waals surface area (Å²) in [6, 6.07) is 5.47. The molecular formula is C13H19NO3. The smallest absolute Gasteiger partial charge is 0.161 e. The maximum Gasteiger partial charge on any atom is 0.161 e. The fourth-order valence-electron chi connectivity index (χ4n) is 2.19. The number of rotatable bonds is 5. The van der Waals surface area contributed by atoms with Crippen molar-refractivity contribution in [3.63, 3.8) is 0 Å². The lowest BCUT2D eigenvalue weighted by molar-refractivity contribution is 0.0220. The van der Waals surface area contributed by atoms with E-state index in [1.165, 1.54) is 0 Å². The molecule has 1 saturated carbocycles. The molecular weight excluding hydrogens is 218 g/mol. The lowest BCUT2D eigenvalue weighted by Crippen LogP contribution is -2.37. The van der Waals surface area contributed by atoms with Crippen LogP contribution in [0.1, 0.15) is 18.4 Å². The van der Waals surface area contributed by atoms with Crippen molar-refractivity contribution in [2.45, 2.75) is 18.4 Å². The Morgan fingerprint density at radius 3 is 2.41 bits per heavy atom. The Morgan fingerprint density at radius 2 is 1.94 bits per heavy atom. The van der Waals surface area contributed by atoms with Crippen molar-refractivity contribution in [2.75, 3.05) is 20.8 Å². The number of aliphatic hydroxyl groups is 1. The van der Waals surface area contributed by atoms with Gasteiger partial charge in [0, 0.05) is 6.54 Å². The molecule has 0 saturated heterocycles. The Hall–Kier alpha value is -1.26. The highest BCUT2D eigenvalue weighted by molar-refractivity contribution is 5.45. The van der Waals surface area contributed by atoms with E-state index in [1.807, 2.05) is 12.1 Å². The largest absolute Gasteiger partial charge is 0.493 e. The number of hydrogen-bond acceptors (Lipinski definition) is 4. The van der Waals surface area contributed by atoms with Gasteiger partial charge in [-0.15, -0.1) is 0 Å². The van der Waals surface area contributed by atoms with Gasteiger partial charge in [0.15, 0.2) is 11.5 Å². The first-order valence-electron chi connectivity index (χ1n) is 5.80. The normalized spacial score (nSPS) is 18.6. The van der Waals surface area contributed by atoms with E-state index in [0.717, 1.165) is 18.4 Å². The molecule has 3 N–H and O–H groups in total. The standard InChI is InChI=1S/C13H19NO3/c1-16-11-6-5-10(7-12(11)17-2)13(15,8-14)9-3-4-9/h5-7,9,15H,3-4,8,14H2,1-2H3. The van der Waals surface area contributed by atoms with Gasteiger partial charge in [0.25, 0.3) is 0 Å². The molecule has 4 heteroatoms. The average molecular weight is 237 g/mol. The highest BCUT2D eigenvalue weighted by atomic mass is 16.5. The summed E-state index contributed by atoms with van der Waals surface area (Å²) in [7, 11) is 3.17. The van der Waals surface area contributed by atoms with Crippen LogP contribution >= 0.6 is 0 Å². The summed E-state index contributed by atoms with van der Waals surface area (Å²) in [5.74, 6) is 1.55. The van der Waals surface area contributed by atoms with Gasteiger partial charge in [0.1, 0.15) is 5.60 Å². The van der Waals surface area contributed by atoms with Gasteiger partial charge < -0.3 is 20.3 Å². The molecule has 1 aliphatic rings. The Labute approximate surface area is 101 Å². The molecule has 0 aromatic heterocycles. The van der Waals surface area contributed by atoms with Gasteiger partial charge in [0.2, 0.25) is 0 Å². The van der Waals surface area contributed by atoms with Crippen LogP contribution in [0.2, 0.25) is 0 Å². The summed E-state index contributed by atoms with van der Waals surface area (Å²) in [5.41, 5.74) is 5.59. The molecule has 0 aliphatic heterocycles. The Bertz CT molecular complexity index is 404. The van der Waals surface area contributed by atoms with E-state index >= 15 is 0 Å². The van der Waals surface area contributed by atoms with E-state index in [-0.39, 0.29) is 12.5 Å². The molecule has 0 heterocycles. The minimum Gasteiger partial charge on any atom is -0.493 e. The average Bonchev–Trinajstić information content (AvgIpc) is 3.21. The van der Waals surface area contributed by atoms with Crippen molar-refractivity contribution in [1.29, 1.82) is 0 Å². The number of nitrogens with two attached hydrogens (primary N) is 1. The first-order valence-corrected chi connectivity index (χ1v) is 5.80. The lowest BCUT2D eigenvalue weighted by Gasteiger charge is -2.27. The zero-order valence-electron chi connectivity index (χ0n) is 10.3. The van der Waals surface area contributed by atoms with E-state index in [2.05, 4.69) is 0 Å². The van der Waals surface area contributed by atoms with E-state index in [0.29, 0.717) is 11.5 Å². The van der Waals surface area contributed by atoms with Gasteiger partial charge in [-0.25, -0.2) is 0 Å². The second kappa shape index (κ2) is 4.55. The molecule has 1 aromatic carbocycles. The van der Waals surface area contributed by atoms with Crippen LogP contribution in [0.4, 0.5) is 0 Å². The molecule has 0 bridgehead atoms. The first kappa shape index (κ1) is 12.2. The summed E-state index contributed by atoms with van der Waals surface area (Å²) in [5, 5.41) is 10.6. The Balaban J connectivity index is 2.38. The Kier molecular flexibility index (Phi) is 3.26. The van der Waals surface area contributed by atoms with Crippen molar-refractivity contribution in [3.8, 4) is 11.5 Å². The van der Waals surface area contributed by atoms with Crippen LogP contribution in [0.15, 0.2) is 18.2 Å². The third kappa shape index (κ3) is 2.10. The molecule has 4 nitrogen and oxygen atoms in total. The highest BCUT2D eigenvalue weighted by Gasteiger charge is 2.44. The van der Waals surface area contributed by atoms with Crippen molar-refractivity contribution >= 4 is 0 Å². The van der Waals surface area contributed by atoms with Gasteiger partial charge in [-0.05, 0) is 36.5 Å². The topological polar surface area (TPSA) is 64.7 Å². The van der Waals surface area contributed by atoms with E-state index in [9.17, 15) is 5.11 Å². The first-order chi connectivity index (χ1) is 8.15. The van der Waals surface area contributed by atoms with Gasteiger partial charge in [0.05, 0.1) is 14.2 Å². The van der Waals surface area contributed by atoms with Crippen LogP contribution in [-0.4, -0.2) is 25.9 Å². The summed E-state index contributed by atoms with van der Waals surface area (Å²) in [4.78, 5) is 0. The van der Waals surface area contributed by atoms with Crippen molar-refractivity contribution in [1.82, 2.24) is 0 Å². The molecule has 0 radical (unpaired) electrons. The van der Waals surface area contributed by atoms with E-state index in [1.54, 1.807) is 20.3 Å². The summed E-state index contributed by atoms with van der Waals surface area (Å²) in [6.45, 7) is 0.229. The third-order valence-electron chi connectivity index (χ3n) is 3.45. The number of hydrogen-bond donors (Lipinski definition) is 2. The number of ether oxygens (including phenoxy) is 2. The summed E-state index contributed by atoms with van der Waals surface area (Å²) < 4.78 is 10.4. The molecule has 1 aromatic rings. The summed E-state index contributed by atoms with van der Waals surface area (Å²) >= 11 is 0. The van der Waals surface area contributed by atoms with Gasteiger partial charge in [-0.3, -0.25) is 0 Å². The maximum absolute atomic E-state index is 10.6. The molecule has 0 amide bonds. The van der Waals surface area contributed by atoms with Crippen molar-refractivity contribution in [2.24, 2.45) is 11.7 Å². The van der Waals surface area contributed by atoms with Gasteiger partial charge >= 0.3 is 0 Å². The molecule has 17 heavy (non-hydrogen) atoms. The fraction of sp³-hybridized carbons (Fsp3) is 0.538. The molecule has 1 atom stereocenters. The van der Waals surface area contributed by atoms with Crippen LogP contribution in [0, 0.1) is 5.92 Å². The molecule has 94 valence electrons. The van der Waals surface area contributed by atoms with Crippen molar-refractivity contribution in [3.05, 3.63) is 23.8 Å². The zero-order valence-corrected chi connectivity index (χ0v) is 10.3. The van der Waals surface area contributed by atoms with Crippen LogP contribution in [0.3, 0.4) is 0 Å². The van der Waals surface area contributed by atoms with Crippen molar-refractivity contribution < 1.29 is 14.6 Å². The van der Waals surface area contributed by atoms with Gasteiger partial charge in [-0.2, -0.15) is 0 Å². The highest BCUT2D eigenvalue weighted by Crippen LogP contribution is 2.46. The number of methoxy groups -OCH3 is 2. The predicted molar refractivity (Wildman–Crippen MR) is 65.2 cm³/mol.